The highest BCUT2D eigenvalue weighted by Crippen LogP contribution is 2.46. The molecule has 1 saturated heterocycles. The first-order chi connectivity index (χ1) is 19.6. The number of nitrogens with zero attached hydrogens (tertiary/aromatic N) is 2. The molecule has 0 aliphatic carbocycles. The molecule has 0 bridgehead atoms. The van der Waals surface area contributed by atoms with E-state index in [9.17, 15) is 19.5 Å². The number of amides is 1. The van der Waals surface area contributed by atoms with Gasteiger partial charge in [0.15, 0.2) is 22.4 Å². The van der Waals surface area contributed by atoms with Crippen LogP contribution in [0.25, 0.3) is 5.76 Å². The Morgan fingerprint density at radius 1 is 1.15 bits per heavy atom. The molecular formula is C31H32N2O7S. The van der Waals surface area contributed by atoms with Gasteiger partial charge in [0.25, 0.3) is 5.78 Å². The van der Waals surface area contributed by atoms with Crippen molar-refractivity contribution >= 4 is 39.7 Å². The maximum atomic E-state index is 13.6. The zero-order chi connectivity index (χ0) is 29.4. The fraction of sp³-hybridized carbons (Fsp3) is 0.355. The molecule has 10 heteroatoms. The van der Waals surface area contributed by atoms with Crippen LogP contribution in [0.4, 0.5) is 5.13 Å². The van der Waals surface area contributed by atoms with E-state index in [0.717, 1.165) is 29.1 Å². The average molecular weight is 577 g/mol. The second-order valence-corrected chi connectivity index (χ2v) is 11.1. The molecule has 3 aromatic rings. The van der Waals surface area contributed by atoms with E-state index < -0.39 is 17.7 Å². The van der Waals surface area contributed by atoms with Gasteiger partial charge in [0.1, 0.15) is 17.6 Å². The van der Waals surface area contributed by atoms with Crippen LogP contribution in [0.1, 0.15) is 72.2 Å². The number of carbonyl (C=O) groups is 3. The van der Waals surface area contributed by atoms with Crippen molar-refractivity contribution in [1.29, 1.82) is 0 Å². The largest absolute Gasteiger partial charge is 0.507 e. The molecular weight excluding hydrogens is 544 g/mol. The van der Waals surface area contributed by atoms with Crippen molar-refractivity contribution < 1.29 is 33.7 Å². The Labute approximate surface area is 242 Å². The number of aromatic nitrogens is 1. The molecule has 1 fully saturated rings. The van der Waals surface area contributed by atoms with Crippen LogP contribution in [0.3, 0.4) is 0 Å². The van der Waals surface area contributed by atoms with Crippen LogP contribution in [0, 0.1) is 6.92 Å². The predicted molar refractivity (Wildman–Crippen MR) is 155 cm³/mol. The summed E-state index contributed by atoms with van der Waals surface area (Å²) in [6.45, 7) is 9.78. The lowest BCUT2D eigenvalue weighted by Gasteiger charge is -2.24. The summed E-state index contributed by atoms with van der Waals surface area (Å²) in [5.41, 5.74) is 2.21. The van der Waals surface area contributed by atoms with Gasteiger partial charge >= 0.3 is 5.91 Å². The Kier molecular flexibility index (Phi) is 7.86. The molecule has 5 rings (SSSR count). The highest BCUT2D eigenvalue weighted by atomic mass is 32.1. The number of fused-ring (bicyclic) bond motifs is 1. The van der Waals surface area contributed by atoms with Gasteiger partial charge in [0, 0.05) is 18.9 Å². The monoisotopic (exact) mass is 576 g/mol. The van der Waals surface area contributed by atoms with Crippen molar-refractivity contribution in [2.45, 2.75) is 59.6 Å². The number of thiazole rings is 1. The number of hydrogen-bond acceptors (Lipinski definition) is 9. The molecule has 1 N–H and O–H groups in total. The molecule has 2 aliphatic rings. The van der Waals surface area contributed by atoms with E-state index in [2.05, 4.69) is 4.98 Å². The minimum atomic E-state index is -1.02. The lowest BCUT2D eigenvalue weighted by molar-refractivity contribution is -0.132. The van der Waals surface area contributed by atoms with Crippen LogP contribution < -0.4 is 19.1 Å². The summed E-state index contributed by atoms with van der Waals surface area (Å²) in [5, 5.41) is 11.8. The molecule has 2 atom stereocenters. The topological polar surface area (TPSA) is 115 Å². The van der Waals surface area contributed by atoms with Crippen molar-refractivity contribution in [3.8, 4) is 17.2 Å². The Hall–Kier alpha value is -4.18. The van der Waals surface area contributed by atoms with Gasteiger partial charge in [-0.2, -0.15) is 0 Å². The zero-order valence-corrected chi connectivity index (χ0v) is 24.5. The molecule has 214 valence electrons. The number of hydrogen-bond donors (Lipinski definition) is 1. The first-order valence-corrected chi connectivity index (χ1v) is 14.4. The number of aliphatic hydroxyl groups excluding tert-OH is 1. The molecule has 1 amide bonds. The molecule has 9 nitrogen and oxygen atoms in total. The molecule has 0 saturated carbocycles. The number of carbonyl (C=O) groups excluding carboxylic acids is 3. The molecule has 0 radical (unpaired) electrons. The van der Waals surface area contributed by atoms with Crippen molar-refractivity contribution in [2.24, 2.45) is 0 Å². The predicted octanol–water partition coefficient (Wildman–Crippen LogP) is 5.79. The number of ketones is 2. The third-order valence-electron chi connectivity index (χ3n) is 6.97. The third-order valence-corrected chi connectivity index (χ3v) is 8.23. The van der Waals surface area contributed by atoms with Crippen molar-refractivity contribution in [2.75, 3.05) is 18.1 Å². The van der Waals surface area contributed by atoms with Crippen LogP contribution in [0.5, 0.6) is 17.2 Å². The minimum absolute atomic E-state index is 0.00187. The minimum Gasteiger partial charge on any atom is -0.507 e. The second-order valence-electron chi connectivity index (χ2n) is 10.1. The number of aryl methyl sites for hydroxylation is 1. The van der Waals surface area contributed by atoms with Crippen LogP contribution in [-0.4, -0.2) is 46.9 Å². The van der Waals surface area contributed by atoms with Gasteiger partial charge in [0.05, 0.1) is 35.4 Å². The summed E-state index contributed by atoms with van der Waals surface area (Å²) < 4.78 is 17.5. The standard InChI is InChI=1S/C31H32N2O7S/c1-6-12-39-23-11-8-19(15-24(23)38-7-2)26-25(27(35)20-9-10-22-21(14-20)13-16(3)40-22)28(36)30(37)33(26)31-32-17(4)29(41-31)18(5)34/h8-11,14-16,26,35H,6-7,12-13H2,1-5H3/b27-25+. The zero-order valence-electron chi connectivity index (χ0n) is 23.6. The number of rotatable bonds is 9. The van der Waals surface area contributed by atoms with E-state index >= 15 is 0 Å². The van der Waals surface area contributed by atoms with Crippen LogP contribution in [0.15, 0.2) is 42.0 Å². The van der Waals surface area contributed by atoms with Gasteiger partial charge in [-0.1, -0.05) is 24.3 Å². The number of ether oxygens (including phenoxy) is 3. The highest BCUT2D eigenvalue weighted by molar-refractivity contribution is 7.18. The Balaban J connectivity index is 1.70. The summed E-state index contributed by atoms with van der Waals surface area (Å²) >= 11 is 1.04. The highest BCUT2D eigenvalue weighted by Gasteiger charge is 2.48. The lowest BCUT2D eigenvalue weighted by Crippen LogP contribution is -2.29. The van der Waals surface area contributed by atoms with E-state index in [4.69, 9.17) is 14.2 Å². The van der Waals surface area contributed by atoms with Crippen molar-refractivity contribution in [1.82, 2.24) is 4.98 Å². The van der Waals surface area contributed by atoms with Gasteiger partial charge in [0.2, 0.25) is 0 Å². The fourth-order valence-electron chi connectivity index (χ4n) is 5.18. The summed E-state index contributed by atoms with van der Waals surface area (Å²) in [6, 6.07) is 9.39. The van der Waals surface area contributed by atoms with Gasteiger partial charge < -0.3 is 19.3 Å². The van der Waals surface area contributed by atoms with Crippen LogP contribution in [0.2, 0.25) is 0 Å². The Morgan fingerprint density at radius 2 is 1.93 bits per heavy atom. The second kappa shape index (κ2) is 11.4. The summed E-state index contributed by atoms with van der Waals surface area (Å²) in [5.74, 6) is -0.474. The Morgan fingerprint density at radius 3 is 2.61 bits per heavy atom. The van der Waals surface area contributed by atoms with E-state index in [1.165, 1.54) is 11.8 Å². The fourth-order valence-corrected chi connectivity index (χ4v) is 6.17. The first-order valence-electron chi connectivity index (χ1n) is 13.6. The number of benzene rings is 2. The summed E-state index contributed by atoms with van der Waals surface area (Å²) in [7, 11) is 0. The number of aliphatic hydroxyl groups is 1. The van der Waals surface area contributed by atoms with Gasteiger partial charge in [-0.3, -0.25) is 19.3 Å². The van der Waals surface area contributed by atoms with E-state index in [-0.39, 0.29) is 28.4 Å². The third kappa shape index (κ3) is 5.19. The van der Waals surface area contributed by atoms with Crippen molar-refractivity contribution in [3.63, 3.8) is 0 Å². The molecule has 2 aliphatic heterocycles. The normalized spacial score (nSPS) is 19.3. The lowest BCUT2D eigenvalue weighted by atomic mass is 9.94. The Bertz CT molecular complexity index is 1570. The molecule has 41 heavy (non-hydrogen) atoms. The van der Waals surface area contributed by atoms with Gasteiger partial charge in [-0.15, -0.1) is 0 Å². The van der Waals surface area contributed by atoms with E-state index in [1.807, 2.05) is 20.8 Å². The summed E-state index contributed by atoms with van der Waals surface area (Å²) in [4.78, 5) is 45.6. The van der Waals surface area contributed by atoms with Crippen LogP contribution in [-0.2, 0) is 16.0 Å². The molecule has 2 unspecified atom stereocenters. The number of Topliss-reactive ketones (excluding diaryl/α,β-unsaturated/α-hetero) is 2. The van der Waals surface area contributed by atoms with Crippen LogP contribution >= 0.6 is 11.3 Å². The molecule has 3 heterocycles. The number of anilines is 1. The SMILES string of the molecule is CCCOc1ccc(C2/C(=C(\O)c3ccc4c(c3)CC(C)O4)C(=O)C(=O)N2c2nc(C)c(C(C)=O)s2)cc1OCC. The smallest absolute Gasteiger partial charge is 0.301 e. The van der Waals surface area contributed by atoms with Gasteiger partial charge in [-0.05, 0) is 68.7 Å². The van der Waals surface area contributed by atoms with Crippen molar-refractivity contribution in [3.05, 3.63) is 69.2 Å². The first kappa shape index (κ1) is 28.4. The van der Waals surface area contributed by atoms with E-state index in [0.29, 0.717) is 52.8 Å². The van der Waals surface area contributed by atoms with Gasteiger partial charge in [-0.25, -0.2) is 4.98 Å². The van der Waals surface area contributed by atoms with E-state index in [1.54, 1.807) is 43.3 Å². The maximum absolute atomic E-state index is 13.6. The molecule has 2 aromatic carbocycles. The molecule has 0 spiro atoms. The quantitative estimate of drug-likeness (QED) is 0.147. The summed E-state index contributed by atoms with van der Waals surface area (Å²) in [6.07, 6.45) is 1.47. The molecule has 1 aromatic heterocycles. The maximum Gasteiger partial charge on any atom is 0.301 e. The average Bonchev–Trinajstić information content (AvgIpc) is 3.59.